The first-order valence-corrected chi connectivity index (χ1v) is 6.88. The van der Waals surface area contributed by atoms with Gasteiger partial charge in [0.2, 0.25) is 0 Å². The summed E-state index contributed by atoms with van der Waals surface area (Å²) in [5, 5.41) is 3.54. The van der Waals surface area contributed by atoms with Crippen LogP contribution in [0, 0.1) is 0 Å². The van der Waals surface area contributed by atoms with Gasteiger partial charge in [-0.25, -0.2) is 4.98 Å². The SMILES string of the molecule is CCNC(CCc1cccnc1)Cc1nccn1C. The number of pyridine rings is 1. The van der Waals surface area contributed by atoms with Crippen molar-refractivity contribution in [2.45, 2.75) is 32.2 Å². The number of aromatic nitrogens is 3. The first-order valence-electron chi connectivity index (χ1n) is 6.88. The molecule has 0 bridgehead atoms. The van der Waals surface area contributed by atoms with E-state index in [-0.39, 0.29) is 0 Å². The van der Waals surface area contributed by atoms with E-state index in [1.165, 1.54) is 5.56 Å². The molecule has 1 unspecified atom stereocenters. The van der Waals surface area contributed by atoms with Crippen LogP contribution in [0.25, 0.3) is 0 Å². The highest BCUT2D eigenvalue weighted by molar-refractivity contribution is 5.09. The minimum absolute atomic E-state index is 0.464. The third-order valence-corrected chi connectivity index (χ3v) is 3.35. The Kier molecular flexibility index (Phi) is 5.10. The Bertz CT molecular complexity index is 478. The number of nitrogens with zero attached hydrogens (tertiary/aromatic N) is 3. The summed E-state index contributed by atoms with van der Waals surface area (Å²) >= 11 is 0. The molecule has 0 aliphatic rings. The molecule has 0 aliphatic heterocycles. The quantitative estimate of drug-likeness (QED) is 0.825. The van der Waals surface area contributed by atoms with Crippen LogP contribution in [0.1, 0.15) is 24.7 Å². The van der Waals surface area contributed by atoms with Crippen molar-refractivity contribution in [3.63, 3.8) is 0 Å². The van der Waals surface area contributed by atoms with E-state index in [0.29, 0.717) is 6.04 Å². The summed E-state index contributed by atoms with van der Waals surface area (Å²) in [4.78, 5) is 8.57. The van der Waals surface area contributed by atoms with Gasteiger partial charge in [0.1, 0.15) is 5.82 Å². The number of likely N-dealkylation sites (N-methyl/N-ethyl adjacent to an activating group) is 1. The van der Waals surface area contributed by atoms with Crippen molar-refractivity contribution in [2.75, 3.05) is 6.54 Å². The zero-order valence-corrected chi connectivity index (χ0v) is 11.7. The fourth-order valence-corrected chi connectivity index (χ4v) is 2.27. The summed E-state index contributed by atoms with van der Waals surface area (Å²) < 4.78 is 2.09. The molecule has 0 aliphatic carbocycles. The molecule has 0 saturated carbocycles. The molecule has 102 valence electrons. The Morgan fingerprint density at radius 3 is 2.89 bits per heavy atom. The summed E-state index contributed by atoms with van der Waals surface area (Å²) in [5.41, 5.74) is 1.30. The van der Waals surface area contributed by atoms with Gasteiger partial charge in [0.25, 0.3) is 0 Å². The molecule has 2 aromatic heterocycles. The van der Waals surface area contributed by atoms with E-state index in [1.807, 2.05) is 37.9 Å². The van der Waals surface area contributed by atoms with Crippen molar-refractivity contribution in [2.24, 2.45) is 7.05 Å². The van der Waals surface area contributed by atoms with Crippen LogP contribution < -0.4 is 5.32 Å². The third-order valence-electron chi connectivity index (χ3n) is 3.35. The van der Waals surface area contributed by atoms with E-state index >= 15 is 0 Å². The van der Waals surface area contributed by atoms with Crippen LogP contribution >= 0.6 is 0 Å². The molecule has 0 radical (unpaired) electrons. The number of nitrogens with one attached hydrogen (secondary N) is 1. The molecule has 0 spiro atoms. The topological polar surface area (TPSA) is 42.7 Å². The van der Waals surface area contributed by atoms with E-state index in [2.05, 4.69) is 32.8 Å². The summed E-state index contributed by atoms with van der Waals surface area (Å²) in [7, 11) is 2.05. The molecule has 1 atom stereocenters. The lowest BCUT2D eigenvalue weighted by molar-refractivity contribution is 0.476. The van der Waals surface area contributed by atoms with Gasteiger partial charge in [-0.2, -0.15) is 0 Å². The van der Waals surface area contributed by atoms with Gasteiger partial charge in [-0.15, -0.1) is 0 Å². The average Bonchev–Trinajstić information content (AvgIpc) is 2.83. The molecule has 2 heterocycles. The summed E-state index contributed by atoms with van der Waals surface area (Å²) in [6, 6.07) is 4.60. The van der Waals surface area contributed by atoms with E-state index in [9.17, 15) is 0 Å². The molecular weight excluding hydrogens is 236 g/mol. The second-order valence-electron chi connectivity index (χ2n) is 4.81. The van der Waals surface area contributed by atoms with Crippen molar-refractivity contribution in [1.29, 1.82) is 0 Å². The third kappa shape index (κ3) is 4.17. The van der Waals surface area contributed by atoms with Crippen molar-refractivity contribution >= 4 is 0 Å². The predicted molar refractivity (Wildman–Crippen MR) is 76.9 cm³/mol. The molecule has 0 amide bonds. The van der Waals surface area contributed by atoms with Gasteiger partial charge >= 0.3 is 0 Å². The first kappa shape index (κ1) is 13.7. The maximum Gasteiger partial charge on any atom is 0.109 e. The van der Waals surface area contributed by atoms with E-state index in [0.717, 1.165) is 31.6 Å². The fraction of sp³-hybridized carbons (Fsp3) is 0.467. The highest BCUT2D eigenvalue weighted by Gasteiger charge is 2.11. The van der Waals surface area contributed by atoms with Gasteiger partial charge in [0.05, 0.1) is 0 Å². The molecule has 2 rings (SSSR count). The maximum atomic E-state index is 4.40. The average molecular weight is 258 g/mol. The largest absolute Gasteiger partial charge is 0.338 e. The molecule has 2 aromatic rings. The van der Waals surface area contributed by atoms with Crippen molar-refractivity contribution in [3.8, 4) is 0 Å². The van der Waals surface area contributed by atoms with E-state index < -0.39 is 0 Å². The van der Waals surface area contributed by atoms with Gasteiger partial charge in [0.15, 0.2) is 0 Å². The number of imidazole rings is 1. The van der Waals surface area contributed by atoms with Crippen LogP contribution in [0.3, 0.4) is 0 Å². The van der Waals surface area contributed by atoms with Gasteiger partial charge in [-0.1, -0.05) is 13.0 Å². The maximum absolute atomic E-state index is 4.40. The second kappa shape index (κ2) is 7.04. The van der Waals surface area contributed by atoms with Crippen LogP contribution in [0.2, 0.25) is 0 Å². The Hall–Kier alpha value is -1.68. The van der Waals surface area contributed by atoms with Gasteiger partial charge in [-0.3, -0.25) is 4.98 Å². The lowest BCUT2D eigenvalue weighted by Gasteiger charge is -2.17. The number of aryl methyl sites for hydroxylation is 2. The minimum atomic E-state index is 0.464. The Morgan fingerprint density at radius 2 is 2.26 bits per heavy atom. The first-order chi connectivity index (χ1) is 9.29. The molecule has 1 N–H and O–H groups in total. The van der Waals surface area contributed by atoms with Crippen LogP contribution in [0.4, 0.5) is 0 Å². The fourth-order valence-electron chi connectivity index (χ4n) is 2.27. The Labute approximate surface area is 114 Å². The number of hydrogen-bond donors (Lipinski definition) is 1. The monoisotopic (exact) mass is 258 g/mol. The summed E-state index contributed by atoms with van der Waals surface area (Å²) in [6.45, 7) is 3.14. The van der Waals surface area contributed by atoms with Crippen LogP contribution in [-0.2, 0) is 19.9 Å². The van der Waals surface area contributed by atoms with Crippen LogP contribution in [0.5, 0.6) is 0 Å². The highest BCUT2D eigenvalue weighted by atomic mass is 15.0. The van der Waals surface area contributed by atoms with Gasteiger partial charge in [0, 0.05) is 44.3 Å². The summed E-state index contributed by atoms with van der Waals surface area (Å²) in [6.07, 6.45) is 10.8. The molecular formula is C15H22N4. The zero-order chi connectivity index (χ0) is 13.5. The Balaban J connectivity index is 1.91. The standard InChI is InChI=1S/C15H22N4/c1-3-17-14(11-15-18-9-10-19(15)2)7-6-13-5-4-8-16-12-13/h4-5,8-10,12,14,17H,3,6-7,11H2,1-2H3. The van der Waals surface area contributed by atoms with Gasteiger partial charge < -0.3 is 9.88 Å². The lowest BCUT2D eigenvalue weighted by Crippen LogP contribution is -2.32. The molecule has 0 fully saturated rings. The second-order valence-corrected chi connectivity index (χ2v) is 4.81. The molecule has 4 heteroatoms. The van der Waals surface area contributed by atoms with E-state index in [4.69, 9.17) is 0 Å². The Morgan fingerprint density at radius 1 is 1.37 bits per heavy atom. The normalized spacial score (nSPS) is 12.5. The molecule has 19 heavy (non-hydrogen) atoms. The van der Waals surface area contributed by atoms with Crippen molar-refractivity contribution < 1.29 is 0 Å². The highest BCUT2D eigenvalue weighted by Crippen LogP contribution is 2.08. The number of hydrogen-bond acceptors (Lipinski definition) is 3. The summed E-state index contributed by atoms with van der Waals surface area (Å²) in [5.74, 6) is 1.14. The zero-order valence-electron chi connectivity index (χ0n) is 11.7. The lowest BCUT2D eigenvalue weighted by atomic mass is 10.0. The molecule has 0 saturated heterocycles. The van der Waals surface area contributed by atoms with Crippen molar-refractivity contribution in [1.82, 2.24) is 19.9 Å². The van der Waals surface area contributed by atoms with E-state index in [1.54, 1.807) is 0 Å². The minimum Gasteiger partial charge on any atom is -0.338 e. The van der Waals surface area contributed by atoms with Gasteiger partial charge in [-0.05, 0) is 31.0 Å². The van der Waals surface area contributed by atoms with Crippen molar-refractivity contribution in [3.05, 3.63) is 48.3 Å². The number of rotatable bonds is 7. The molecule has 4 nitrogen and oxygen atoms in total. The molecule has 0 aromatic carbocycles. The predicted octanol–water partition coefficient (Wildman–Crippen LogP) is 1.97. The van der Waals surface area contributed by atoms with Crippen LogP contribution in [0.15, 0.2) is 36.9 Å². The van der Waals surface area contributed by atoms with Crippen LogP contribution in [-0.4, -0.2) is 27.1 Å². The smallest absolute Gasteiger partial charge is 0.109 e.